The number of sulfonamides is 1. The van der Waals surface area contributed by atoms with E-state index in [1.54, 1.807) is 0 Å². The Morgan fingerprint density at radius 2 is 1.84 bits per heavy atom. The third-order valence-electron chi connectivity index (χ3n) is 2.60. The van der Waals surface area contributed by atoms with Crippen molar-refractivity contribution in [2.24, 2.45) is 0 Å². The van der Waals surface area contributed by atoms with E-state index in [0.717, 1.165) is 6.07 Å². The van der Waals surface area contributed by atoms with Crippen LogP contribution in [0.1, 0.15) is 0 Å². The molecule has 0 saturated heterocycles. The number of rotatable bonds is 6. The molecule has 106 valence electrons. The molecular weight excluding hydrogens is 270 g/mol. The van der Waals surface area contributed by atoms with Crippen molar-refractivity contribution in [1.29, 1.82) is 0 Å². The van der Waals surface area contributed by atoms with E-state index in [9.17, 15) is 18.5 Å². The lowest BCUT2D eigenvalue weighted by atomic mass is 10.3. The van der Waals surface area contributed by atoms with Crippen LogP contribution in [0.4, 0.5) is 5.69 Å². The van der Waals surface area contributed by atoms with Crippen LogP contribution >= 0.6 is 0 Å². The van der Waals surface area contributed by atoms with E-state index in [2.05, 4.69) is 0 Å². The van der Waals surface area contributed by atoms with Gasteiger partial charge in [-0.1, -0.05) is 6.07 Å². The minimum Gasteiger partial charge on any atom is -0.308 e. The molecule has 0 bridgehead atoms. The van der Waals surface area contributed by atoms with Gasteiger partial charge in [0.1, 0.15) is 0 Å². The smallest absolute Gasteiger partial charge is 0.270 e. The molecule has 1 rings (SSSR count). The molecule has 8 heteroatoms. The Hall–Kier alpha value is -1.51. The molecule has 0 heterocycles. The van der Waals surface area contributed by atoms with Gasteiger partial charge < -0.3 is 4.90 Å². The van der Waals surface area contributed by atoms with Gasteiger partial charge in [-0.2, -0.15) is 4.31 Å². The van der Waals surface area contributed by atoms with Crippen LogP contribution < -0.4 is 0 Å². The fourth-order valence-corrected chi connectivity index (χ4v) is 2.60. The van der Waals surface area contributed by atoms with Crippen LogP contribution in [0, 0.1) is 10.1 Å². The largest absolute Gasteiger partial charge is 0.308 e. The third kappa shape index (κ3) is 3.98. The zero-order valence-electron chi connectivity index (χ0n) is 11.1. The van der Waals surface area contributed by atoms with Crippen LogP contribution in [0.15, 0.2) is 29.2 Å². The van der Waals surface area contributed by atoms with Crippen LogP contribution in [-0.2, 0) is 10.0 Å². The summed E-state index contributed by atoms with van der Waals surface area (Å²) in [6, 6.07) is 5.06. The highest BCUT2D eigenvalue weighted by molar-refractivity contribution is 7.89. The first-order valence-corrected chi connectivity index (χ1v) is 7.04. The SMILES string of the molecule is CN(C)CCN(C)S(=O)(=O)c1cccc([N+](=O)[O-])c1. The maximum Gasteiger partial charge on any atom is 0.270 e. The molecule has 0 N–H and O–H groups in total. The van der Waals surface area contributed by atoms with Gasteiger partial charge in [0, 0.05) is 32.3 Å². The fraction of sp³-hybridized carbons (Fsp3) is 0.455. The lowest BCUT2D eigenvalue weighted by Crippen LogP contribution is -2.33. The zero-order chi connectivity index (χ0) is 14.6. The van der Waals surface area contributed by atoms with Gasteiger partial charge in [0.2, 0.25) is 10.0 Å². The molecule has 0 radical (unpaired) electrons. The van der Waals surface area contributed by atoms with Gasteiger partial charge in [-0.05, 0) is 20.2 Å². The molecule has 0 aliphatic carbocycles. The van der Waals surface area contributed by atoms with Crippen molar-refractivity contribution in [2.45, 2.75) is 4.90 Å². The molecule has 0 aromatic heterocycles. The maximum absolute atomic E-state index is 12.2. The molecular formula is C11H17N3O4S. The topological polar surface area (TPSA) is 83.8 Å². The summed E-state index contributed by atoms with van der Waals surface area (Å²) in [4.78, 5) is 11.8. The third-order valence-corrected chi connectivity index (χ3v) is 4.45. The number of nitrogens with zero attached hydrogens (tertiary/aromatic N) is 3. The number of hydrogen-bond donors (Lipinski definition) is 0. The first-order chi connectivity index (χ1) is 8.75. The highest BCUT2D eigenvalue weighted by Crippen LogP contribution is 2.19. The average Bonchev–Trinajstić information content (AvgIpc) is 2.35. The van der Waals surface area contributed by atoms with Crippen molar-refractivity contribution < 1.29 is 13.3 Å². The van der Waals surface area contributed by atoms with E-state index < -0.39 is 14.9 Å². The average molecular weight is 287 g/mol. The summed E-state index contributed by atoms with van der Waals surface area (Å²) in [5.41, 5.74) is -0.234. The molecule has 19 heavy (non-hydrogen) atoms. The van der Waals surface area contributed by atoms with Crippen molar-refractivity contribution in [3.8, 4) is 0 Å². The minimum absolute atomic E-state index is 0.0667. The number of likely N-dealkylation sites (N-methyl/N-ethyl adjacent to an activating group) is 2. The Labute approximate surface area is 112 Å². The predicted molar refractivity (Wildman–Crippen MR) is 71.5 cm³/mol. The van der Waals surface area contributed by atoms with Gasteiger partial charge >= 0.3 is 0 Å². The molecule has 0 atom stereocenters. The molecule has 0 saturated carbocycles. The normalized spacial score (nSPS) is 12.1. The Morgan fingerprint density at radius 3 is 2.37 bits per heavy atom. The van der Waals surface area contributed by atoms with E-state index in [0.29, 0.717) is 13.1 Å². The molecule has 0 aliphatic rings. The van der Waals surface area contributed by atoms with Crippen LogP contribution in [0.3, 0.4) is 0 Å². The van der Waals surface area contributed by atoms with Crippen LogP contribution in [0.5, 0.6) is 0 Å². The number of nitro benzene ring substituents is 1. The molecule has 0 aliphatic heterocycles. The Bertz CT molecular complexity index is 557. The summed E-state index contributed by atoms with van der Waals surface area (Å²) in [5.74, 6) is 0. The van der Waals surface area contributed by atoms with Gasteiger partial charge in [-0.25, -0.2) is 8.42 Å². The lowest BCUT2D eigenvalue weighted by Gasteiger charge is -2.19. The van der Waals surface area contributed by atoms with Crippen LogP contribution in [-0.4, -0.2) is 56.8 Å². The van der Waals surface area contributed by atoms with Crippen molar-refractivity contribution in [3.63, 3.8) is 0 Å². The number of non-ortho nitro benzene ring substituents is 1. The number of nitro groups is 1. The van der Waals surface area contributed by atoms with E-state index in [4.69, 9.17) is 0 Å². The second kappa shape index (κ2) is 6.09. The van der Waals surface area contributed by atoms with Gasteiger partial charge in [0.05, 0.1) is 9.82 Å². The van der Waals surface area contributed by atoms with E-state index in [-0.39, 0.29) is 10.6 Å². The molecule has 7 nitrogen and oxygen atoms in total. The second-order valence-corrected chi connectivity index (χ2v) is 6.43. The lowest BCUT2D eigenvalue weighted by molar-refractivity contribution is -0.385. The summed E-state index contributed by atoms with van der Waals surface area (Å²) < 4.78 is 25.6. The minimum atomic E-state index is -3.69. The van der Waals surface area contributed by atoms with Crippen molar-refractivity contribution >= 4 is 15.7 Å². The first kappa shape index (κ1) is 15.5. The molecule has 0 amide bonds. The van der Waals surface area contributed by atoms with E-state index in [1.165, 1.54) is 29.6 Å². The maximum atomic E-state index is 12.2. The van der Waals surface area contributed by atoms with Gasteiger partial charge in [0.15, 0.2) is 0 Å². The first-order valence-electron chi connectivity index (χ1n) is 5.60. The number of benzene rings is 1. The Kier molecular flexibility index (Phi) is 4.98. The quantitative estimate of drug-likeness (QED) is 0.570. The monoisotopic (exact) mass is 287 g/mol. The summed E-state index contributed by atoms with van der Waals surface area (Å²) in [6.45, 7) is 0.892. The summed E-state index contributed by atoms with van der Waals surface area (Å²) in [5, 5.41) is 10.7. The Balaban J connectivity index is 2.99. The van der Waals surface area contributed by atoms with Gasteiger partial charge in [-0.15, -0.1) is 0 Å². The predicted octanol–water partition coefficient (Wildman–Crippen LogP) is 0.777. The van der Waals surface area contributed by atoms with E-state index in [1.807, 2.05) is 19.0 Å². The van der Waals surface area contributed by atoms with E-state index >= 15 is 0 Å². The molecule has 0 fully saturated rings. The fourth-order valence-electron chi connectivity index (χ4n) is 1.40. The van der Waals surface area contributed by atoms with Crippen LogP contribution in [0.2, 0.25) is 0 Å². The molecule has 0 spiro atoms. The Morgan fingerprint density at radius 1 is 1.21 bits per heavy atom. The molecule has 0 unspecified atom stereocenters. The van der Waals surface area contributed by atoms with Crippen molar-refractivity contribution in [1.82, 2.24) is 9.21 Å². The summed E-state index contributed by atoms with van der Waals surface area (Å²) >= 11 is 0. The second-order valence-electron chi connectivity index (χ2n) is 4.38. The molecule has 1 aromatic carbocycles. The van der Waals surface area contributed by atoms with Crippen molar-refractivity contribution in [3.05, 3.63) is 34.4 Å². The van der Waals surface area contributed by atoms with Crippen molar-refractivity contribution in [2.75, 3.05) is 34.2 Å². The standard InChI is InChI=1S/C11H17N3O4S/c1-12(2)7-8-13(3)19(17,18)11-6-4-5-10(9-11)14(15)16/h4-6,9H,7-8H2,1-3H3. The highest BCUT2D eigenvalue weighted by Gasteiger charge is 2.22. The summed E-state index contributed by atoms with van der Waals surface area (Å²) in [7, 11) is 1.45. The van der Waals surface area contributed by atoms with Crippen LogP contribution in [0.25, 0.3) is 0 Å². The zero-order valence-corrected chi connectivity index (χ0v) is 11.9. The van der Waals surface area contributed by atoms with Gasteiger partial charge in [0.25, 0.3) is 5.69 Å². The number of hydrogen-bond acceptors (Lipinski definition) is 5. The van der Waals surface area contributed by atoms with Gasteiger partial charge in [-0.3, -0.25) is 10.1 Å². The summed E-state index contributed by atoms with van der Waals surface area (Å²) in [6.07, 6.45) is 0. The molecule has 1 aromatic rings. The highest BCUT2D eigenvalue weighted by atomic mass is 32.2.